The van der Waals surface area contributed by atoms with Gasteiger partial charge in [0.2, 0.25) is 11.8 Å². The number of fused-ring (bicyclic) bond motifs is 1. The van der Waals surface area contributed by atoms with E-state index < -0.39 is 0 Å². The molecule has 0 saturated carbocycles. The van der Waals surface area contributed by atoms with Crippen LogP contribution in [0, 0.1) is 6.92 Å². The number of imidazole rings is 1. The summed E-state index contributed by atoms with van der Waals surface area (Å²) in [6.45, 7) is 4.43. The fraction of sp³-hybridized carbons (Fsp3) is 0.333. The number of nitrogens with zero attached hydrogens (tertiary/aromatic N) is 5. The third-order valence-corrected chi connectivity index (χ3v) is 3.30. The topological polar surface area (TPSA) is 69.6 Å². The lowest BCUT2D eigenvalue weighted by Gasteiger charge is -2.02. The zero-order valence-corrected chi connectivity index (χ0v) is 12.2. The summed E-state index contributed by atoms with van der Waals surface area (Å²) >= 11 is 3.42. The predicted octanol–water partition coefficient (Wildman–Crippen LogP) is 2.50. The molecule has 0 radical (unpaired) electrons. The zero-order chi connectivity index (χ0) is 13.4. The van der Waals surface area contributed by atoms with E-state index in [4.69, 9.17) is 4.42 Å². The van der Waals surface area contributed by atoms with Crippen LogP contribution in [0.25, 0.3) is 11.2 Å². The van der Waals surface area contributed by atoms with E-state index in [-0.39, 0.29) is 0 Å². The van der Waals surface area contributed by atoms with Crippen LogP contribution in [0.5, 0.6) is 0 Å². The first-order valence-corrected chi connectivity index (χ1v) is 6.76. The molecule has 0 spiro atoms. The largest absolute Gasteiger partial charge is 0.423 e. The summed E-state index contributed by atoms with van der Waals surface area (Å²) in [5, 5.41) is 8.00. The fourth-order valence-electron chi connectivity index (χ4n) is 1.92. The molecule has 0 aliphatic heterocycles. The van der Waals surface area contributed by atoms with Gasteiger partial charge in [-0.3, -0.25) is 0 Å². The van der Waals surface area contributed by atoms with Gasteiger partial charge in [-0.05, 0) is 28.9 Å². The molecular weight excluding hydrogens is 310 g/mol. The van der Waals surface area contributed by atoms with Crippen LogP contribution in [0.2, 0.25) is 0 Å². The normalized spacial score (nSPS) is 11.3. The van der Waals surface area contributed by atoms with Crippen LogP contribution in [-0.4, -0.2) is 24.7 Å². The van der Waals surface area contributed by atoms with Gasteiger partial charge in [-0.15, -0.1) is 10.2 Å². The summed E-state index contributed by atoms with van der Waals surface area (Å²) in [4.78, 5) is 8.70. The third kappa shape index (κ3) is 2.25. The molecule has 0 atom stereocenters. The second-order valence-electron chi connectivity index (χ2n) is 4.18. The van der Waals surface area contributed by atoms with Crippen molar-refractivity contribution in [3.63, 3.8) is 0 Å². The van der Waals surface area contributed by atoms with Crippen molar-refractivity contribution in [1.82, 2.24) is 24.7 Å². The monoisotopic (exact) mass is 321 g/mol. The van der Waals surface area contributed by atoms with Crippen molar-refractivity contribution in [3.05, 3.63) is 34.3 Å². The van der Waals surface area contributed by atoms with Gasteiger partial charge in [0.05, 0.1) is 5.52 Å². The summed E-state index contributed by atoms with van der Waals surface area (Å²) < 4.78 is 8.47. The van der Waals surface area contributed by atoms with Crippen LogP contribution in [-0.2, 0) is 13.0 Å². The average Bonchev–Trinajstić information content (AvgIpc) is 2.96. The number of hydrogen-bond donors (Lipinski definition) is 0. The lowest BCUT2D eigenvalue weighted by Crippen LogP contribution is -2.02. The third-order valence-electron chi connectivity index (χ3n) is 2.87. The number of hydrogen-bond acceptors (Lipinski definition) is 5. The van der Waals surface area contributed by atoms with E-state index in [9.17, 15) is 0 Å². The standard InChI is InChI=1S/C12H12BrN5O/c1-3-10-16-17-11(19-10)6-18-7(2)15-12-9(18)4-8(13)5-14-12/h4-5H,3,6H2,1-2H3. The van der Waals surface area contributed by atoms with Gasteiger partial charge in [0.15, 0.2) is 5.65 Å². The van der Waals surface area contributed by atoms with E-state index in [0.29, 0.717) is 18.3 Å². The van der Waals surface area contributed by atoms with Crippen LogP contribution < -0.4 is 0 Å². The molecule has 3 aromatic rings. The first-order chi connectivity index (χ1) is 9.17. The Bertz CT molecular complexity index is 733. The van der Waals surface area contributed by atoms with Gasteiger partial charge in [-0.25, -0.2) is 9.97 Å². The Morgan fingerprint density at radius 2 is 2.11 bits per heavy atom. The average molecular weight is 322 g/mol. The molecule has 0 aromatic carbocycles. The second kappa shape index (κ2) is 4.73. The molecule has 0 bridgehead atoms. The minimum atomic E-state index is 0.507. The van der Waals surface area contributed by atoms with Gasteiger partial charge in [-0.2, -0.15) is 0 Å². The number of rotatable bonds is 3. The molecule has 3 rings (SSSR count). The van der Waals surface area contributed by atoms with E-state index >= 15 is 0 Å². The minimum absolute atomic E-state index is 0.507. The minimum Gasteiger partial charge on any atom is -0.423 e. The quantitative estimate of drug-likeness (QED) is 0.741. The first kappa shape index (κ1) is 12.3. The maximum Gasteiger partial charge on any atom is 0.236 e. The van der Waals surface area contributed by atoms with Crippen LogP contribution in [0.4, 0.5) is 0 Å². The molecule has 7 heteroatoms. The number of pyridine rings is 1. The molecular formula is C12H12BrN5O. The van der Waals surface area contributed by atoms with Crippen molar-refractivity contribution in [2.24, 2.45) is 0 Å². The highest BCUT2D eigenvalue weighted by Gasteiger charge is 2.12. The van der Waals surface area contributed by atoms with Gasteiger partial charge in [-0.1, -0.05) is 6.92 Å². The highest BCUT2D eigenvalue weighted by Crippen LogP contribution is 2.19. The Hall–Kier alpha value is -1.76. The van der Waals surface area contributed by atoms with E-state index in [1.807, 2.05) is 24.5 Å². The smallest absolute Gasteiger partial charge is 0.236 e. The summed E-state index contributed by atoms with van der Waals surface area (Å²) in [6.07, 6.45) is 2.48. The molecule has 0 aliphatic carbocycles. The maximum absolute atomic E-state index is 5.54. The van der Waals surface area contributed by atoms with Crippen LogP contribution in [0.1, 0.15) is 24.5 Å². The lowest BCUT2D eigenvalue weighted by molar-refractivity contribution is 0.442. The molecule has 3 heterocycles. The summed E-state index contributed by atoms with van der Waals surface area (Å²) in [7, 11) is 0. The molecule has 0 N–H and O–H groups in total. The van der Waals surface area contributed by atoms with E-state index in [2.05, 4.69) is 36.1 Å². The summed E-state index contributed by atoms with van der Waals surface area (Å²) in [5.74, 6) is 2.10. The molecule has 6 nitrogen and oxygen atoms in total. The molecule has 3 aromatic heterocycles. The van der Waals surface area contributed by atoms with Gasteiger partial charge in [0.1, 0.15) is 12.4 Å². The Balaban J connectivity index is 2.04. The van der Waals surface area contributed by atoms with Gasteiger partial charge < -0.3 is 8.98 Å². The van der Waals surface area contributed by atoms with Crippen LogP contribution in [0.3, 0.4) is 0 Å². The van der Waals surface area contributed by atoms with E-state index in [1.54, 1.807) is 6.20 Å². The van der Waals surface area contributed by atoms with Crippen molar-refractivity contribution in [2.75, 3.05) is 0 Å². The fourth-order valence-corrected chi connectivity index (χ4v) is 2.24. The molecule has 19 heavy (non-hydrogen) atoms. The molecule has 0 amide bonds. The van der Waals surface area contributed by atoms with Gasteiger partial charge in [0.25, 0.3) is 0 Å². The lowest BCUT2D eigenvalue weighted by atomic mass is 10.4. The van der Waals surface area contributed by atoms with Gasteiger partial charge >= 0.3 is 0 Å². The Labute approximate surface area is 118 Å². The first-order valence-electron chi connectivity index (χ1n) is 5.97. The molecule has 0 unspecified atom stereocenters. The Morgan fingerprint density at radius 1 is 1.32 bits per heavy atom. The number of aromatic nitrogens is 5. The highest BCUT2D eigenvalue weighted by atomic mass is 79.9. The molecule has 98 valence electrons. The van der Waals surface area contributed by atoms with E-state index in [1.165, 1.54) is 0 Å². The van der Waals surface area contributed by atoms with Crippen molar-refractivity contribution in [3.8, 4) is 0 Å². The number of aryl methyl sites for hydroxylation is 2. The highest BCUT2D eigenvalue weighted by molar-refractivity contribution is 9.10. The zero-order valence-electron chi connectivity index (χ0n) is 10.6. The van der Waals surface area contributed by atoms with Crippen molar-refractivity contribution in [2.45, 2.75) is 26.8 Å². The van der Waals surface area contributed by atoms with Crippen LogP contribution in [0.15, 0.2) is 21.2 Å². The predicted molar refractivity (Wildman–Crippen MR) is 72.7 cm³/mol. The molecule has 0 fully saturated rings. The van der Waals surface area contributed by atoms with Crippen molar-refractivity contribution >= 4 is 27.1 Å². The maximum atomic E-state index is 5.54. The van der Waals surface area contributed by atoms with Gasteiger partial charge in [0, 0.05) is 17.1 Å². The molecule has 0 aliphatic rings. The molecule has 0 saturated heterocycles. The Kier molecular flexibility index (Phi) is 3.06. The van der Waals surface area contributed by atoms with Crippen molar-refractivity contribution in [1.29, 1.82) is 0 Å². The number of halogens is 1. The SMILES string of the molecule is CCc1nnc(Cn2c(C)nc3ncc(Br)cc32)o1. The Morgan fingerprint density at radius 3 is 2.84 bits per heavy atom. The summed E-state index contributed by atoms with van der Waals surface area (Å²) in [6, 6.07) is 1.99. The van der Waals surface area contributed by atoms with Crippen LogP contribution >= 0.6 is 15.9 Å². The summed E-state index contributed by atoms with van der Waals surface area (Å²) in [5.41, 5.74) is 1.67. The van der Waals surface area contributed by atoms with E-state index in [0.717, 1.165) is 27.9 Å². The van der Waals surface area contributed by atoms with Crippen molar-refractivity contribution < 1.29 is 4.42 Å². The second-order valence-corrected chi connectivity index (χ2v) is 5.10.